The fourth-order valence-corrected chi connectivity index (χ4v) is 2.68. The van der Waals surface area contributed by atoms with Crippen LogP contribution < -0.4 is 5.56 Å². The van der Waals surface area contributed by atoms with Crippen LogP contribution in [0.1, 0.15) is 37.1 Å². The molecule has 116 valence electrons. The molecule has 1 saturated heterocycles. The van der Waals surface area contributed by atoms with Crippen molar-refractivity contribution in [2.45, 2.75) is 38.9 Å². The van der Waals surface area contributed by atoms with E-state index < -0.39 is 23.3 Å². The Bertz CT molecular complexity index is 601. The maximum atomic E-state index is 12.7. The lowest BCUT2D eigenvalue weighted by atomic mass is 10.2. The summed E-state index contributed by atoms with van der Waals surface area (Å²) in [5, 5.41) is 0. The molecule has 0 N–H and O–H groups in total. The number of hydrogen-bond acceptors (Lipinski definition) is 2. The second-order valence-corrected chi connectivity index (χ2v) is 5.30. The van der Waals surface area contributed by atoms with Gasteiger partial charge in [0.15, 0.2) is 0 Å². The predicted molar refractivity (Wildman–Crippen MR) is 71.0 cm³/mol. The van der Waals surface area contributed by atoms with Gasteiger partial charge in [0.25, 0.3) is 5.56 Å². The number of halogens is 3. The number of aromatic nitrogens is 1. The van der Waals surface area contributed by atoms with Gasteiger partial charge in [0.2, 0.25) is 5.91 Å². The van der Waals surface area contributed by atoms with Crippen LogP contribution in [0.3, 0.4) is 0 Å². The van der Waals surface area contributed by atoms with Gasteiger partial charge in [-0.15, -0.1) is 0 Å². The summed E-state index contributed by atoms with van der Waals surface area (Å²) < 4.78 is 39.1. The number of hydrogen-bond donors (Lipinski definition) is 0. The topological polar surface area (TPSA) is 42.3 Å². The van der Waals surface area contributed by atoms with Crippen molar-refractivity contribution in [1.82, 2.24) is 9.47 Å². The Hall–Kier alpha value is -1.79. The van der Waals surface area contributed by atoms with Gasteiger partial charge in [0.1, 0.15) is 6.04 Å². The first-order chi connectivity index (χ1) is 9.71. The van der Waals surface area contributed by atoms with Gasteiger partial charge in [-0.3, -0.25) is 9.59 Å². The van der Waals surface area contributed by atoms with Crippen LogP contribution in [0.2, 0.25) is 0 Å². The first kappa shape index (κ1) is 15.6. The lowest BCUT2D eigenvalue weighted by Gasteiger charge is -2.24. The number of likely N-dealkylation sites (tertiary alicyclic amines) is 1. The standard InChI is InChI=1S/C14H17F3N2O2/c1-9-7-11(14(15,16)17)8-12(20)19(9)10(2)13(21)18-5-3-4-6-18/h7-8,10H,3-6H2,1-2H3/t10-/m0/s1. The Kier molecular flexibility index (Phi) is 4.11. The van der Waals surface area contributed by atoms with Gasteiger partial charge >= 0.3 is 6.18 Å². The summed E-state index contributed by atoms with van der Waals surface area (Å²) in [6, 6.07) is 0.647. The Morgan fingerprint density at radius 1 is 1.24 bits per heavy atom. The second kappa shape index (κ2) is 5.54. The lowest BCUT2D eigenvalue weighted by molar-refractivity contribution is -0.137. The quantitative estimate of drug-likeness (QED) is 0.841. The largest absolute Gasteiger partial charge is 0.416 e. The van der Waals surface area contributed by atoms with E-state index in [9.17, 15) is 22.8 Å². The molecule has 1 aliphatic heterocycles. The number of amides is 1. The summed E-state index contributed by atoms with van der Waals surface area (Å²) in [6.07, 6.45) is -2.73. The summed E-state index contributed by atoms with van der Waals surface area (Å²) in [7, 11) is 0. The molecule has 4 nitrogen and oxygen atoms in total. The molecule has 0 radical (unpaired) electrons. The summed E-state index contributed by atoms with van der Waals surface area (Å²) in [4.78, 5) is 25.9. The highest BCUT2D eigenvalue weighted by Crippen LogP contribution is 2.29. The molecule has 0 bridgehead atoms. The molecule has 2 rings (SSSR count). The van der Waals surface area contributed by atoms with E-state index in [1.165, 1.54) is 6.92 Å². The van der Waals surface area contributed by atoms with Gasteiger partial charge in [0, 0.05) is 24.8 Å². The molecule has 21 heavy (non-hydrogen) atoms. The molecule has 1 fully saturated rings. The third-order valence-corrected chi connectivity index (χ3v) is 3.75. The zero-order valence-corrected chi connectivity index (χ0v) is 11.9. The zero-order valence-electron chi connectivity index (χ0n) is 11.9. The Morgan fingerprint density at radius 3 is 2.29 bits per heavy atom. The van der Waals surface area contributed by atoms with E-state index in [4.69, 9.17) is 0 Å². The Labute approximate surface area is 120 Å². The highest BCUT2D eigenvalue weighted by atomic mass is 19.4. The first-order valence-corrected chi connectivity index (χ1v) is 6.81. The maximum absolute atomic E-state index is 12.7. The van der Waals surface area contributed by atoms with E-state index in [0.29, 0.717) is 19.2 Å². The average molecular weight is 302 g/mol. The number of aryl methyl sites for hydroxylation is 1. The summed E-state index contributed by atoms with van der Waals surface area (Å²) >= 11 is 0. The molecule has 1 aromatic heterocycles. The molecule has 0 spiro atoms. The zero-order chi connectivity index (χ0) is 15.8. The number of pyridine rings is 1. The molecule has 0 unspecified atom stereocenters. The molecule has 0 aliphatic carbocycles. The third-order valence-electron chi connectivity index (χ3n) is 3.75. The van der Waals surface area contributed by atoms with E-state index in [1.807, 2.05) is 0 Å². The van der Waals surface area contributed by atoms with E-state index in [-0.39, 0.29) is 11.6 Å². The highest BCUT2D eigenvalue weighted by Gasteiger charge is 2.33. The second-order valence-electron chi connectivity index (χ2n) is 5.30. The van der Waals surface area contributed by atoms with Crippen LogP contribution in [0, 0.1) is 6.92 Å². The van der Waals surface area contributed by atoms with Gasteiger partial charge in [-0.1, -0.05) is 0 Å². The molecule has 1 atom stereocenters. The van der Waals surface area contributed by atoms with E-state index in [2.05, 4.69) is 0 Å². The van der Waals surface area contributed by atoms with Crippen LogP contribution in [-0.4, -0.2) is 28.5 Å². The van der Waals surface area contributed by atoms with E-state index in [0.717, 1.165) is 23.5 Å². The summed E-state index contributed by atoms with van der Waals surface area (Å²) in [5.41, 5.74) is -1.65. The molecule has 0 aromatic carbocycles. The van der Waals surface area contributed by atoms with Crippen LogP contribution in [0.4, 0.5) is 13.2 Å². The van der Waals surface area contributed by atoms with Crippen molar-refractivity contribution in [3.63, 3.8) is 0 Å². The van der Waals surface area contributed by atoms with Gasteiger partial charge in [-0.25, -0.2) is 0 Å². The minimum Gasteiger partial charge on any atom is -0.341 e. The summed E-state index contributed by atoms with van der Waals surface area (Å²) in [5.74, 6) is -0.225. The molecule has 1 amide bonds. The van der Waals surface area contributed by atoms with Gasteiger partial charge in [-0.05, 0) is 32.8 Å². The van der Waals surface area contributed by atoms with Crippen molar-refractivity contribution in [2.24, 2.45) is 0 Å². The summed E-state index contributed by atoms with van der Waals surface area (Å²) in [6.45, 7) is 4.22. The van der Waals surface area contributed by atoms with E-state index >= 15 is 0 Å². The maximum Gasteiger partial charge on any atom is 0.416 e. The molecule has 7 heteroatoms. The van der Waals surface area contributed by atoms with Crippen LogP contribution in [-0.2, 0) is 11.0 Å². The number of rotatable bonds is 2. The predicted octanol–water partition coefficient (Wildman–Crippen LogP) is 2.36. The smallest absolute Gasteiger partial charge is 0.341 e. The van der Waals surface area contributed by atoms with Crippen LogP contribution in [0.25, 0.3) is 0 Å². The molecule has 1 aromatic rings. The fourth-order valence-electron chi connectivity index (χ4n) is 2.68. The number of nitrogens with zero attached hydrogens (tertiary/aromatic N) is 2. The van der Waals surface area contributed by atoms with Crippen LogP contribution in [0.5, 0.6) is 0 Å². The molecule has 0 saturated carbocycles. The van der Waals surface area contributed by atoms with E-state index in [1.54, 1.807) is 11.8 Å². The van der Waals surface area contributed by atoms with Crippen LogP contribution >= 0.6 is 0 Å². The Morgan fingerprint density at radius 2 is 1.81 bits per heavy atom. The number of alkyl halides is 3. The number of carbonyl (C=O) groups is 1. The number of carbonyl (C=O) groups excluding carboxylic acids is 1. The SMILES string of the molecule is Cc1cc(C(F)(F)F)cc(=O)n1[C@@H](C)C(=O)N1CCCC1. The normalized spacial score (nSPS) is 17.1. The van der Waals surface area contributed by atoms with Gasteiger partial charge in [0.05, 0.1) is 5.56 Å². The minimum atomic E-state index is -4.56. The monoisotopic (exact) mass is 302 g/mol. The van der Waals surface area contributed by atoms with Crippen LogP contribution in [0.15, 0.2) is 16.9 Å². The van der Waals surface area contributed by atoms with Crippen molar-refractivity contribution in [1.29, 1.82) is 0 Å². The average Bonchev–Trinajstić information content (AvgIpc) is 2.89. The minimum absolute atomic E-state index is 0.134. The van der Waals surface area contributed by atoms with Crippen molar-refractivity contribution in [2.75, 3.05) is 13.1 Å². The Balaban J connectivity index is 2.35. The molecular formula is C14H17F3N2O2. The highest BCUT2D eigenvalue weighted by molar-refractivity contribution is 5.80. The van der Waals surface area contributed by atoms with Crippen molar-refractivity contribution >= 4 is 5.91 Å². The van der Waals surface area contributed by atoms with Gasteiger partial charge < -0.3 is 9.47 Å². The lowest BCUT2D eigenvalue weighted by Crippen LogP contribution is -2.38. The van der Waals surface area contributed by atoms with Gasteiger partial charge in [-0.2, -0.15) is 13.2 Å². The molecular weight excluding hydrogens is 285 g/mol. The van der Waals surface area contributed by atoms with Crippen molar-refractivity contribution < 1.29 is 18.0 Å². The molecule has 1 aliphatic rings. The third kappa shape index (κ3) is 3.11. The molecule has 2 heterocycles. The van der Waals surface area contributed by atoms with Crippen molar-refractivity contribution in [3.8, 4) is 0 Å². The van der Waals surface area contributed by atoms with Crippen molar-refractivity contribution in [3.05, 3.63) is 33.7 Å². The first-order valence-electron chi connectivity index (χ1n) is 6.81. The fraction of sp³-hybridized carbons (Fsp3) is 0.571.